The number of morpholine rings is 1. The van der Waals surface area contributed by atoms with Crippen molar-refractivity contribution in [3.05, 3.63) is 0 Å². The van der Waals surface area contributed by atoms with Crippen molar-refractivity contribution in [1.29, 1.82) is 0 Å². The Balaban J connectivity index is 2.57. The molecule has 90 valence electrons. The van der Waals surface area contributed by atoms with Crippen LogP contribution in [0.5, 0.6) is 0 Å². The zero-order chi connectivity index (χ0) is 11.7. The predicted octanol–water partition coefficient (Wildman–Crippen LogP) is 1.08. The number of rotatable bonds is 2. The van der Waals surface area contributed by atoms with Crippen LogP contribution in [0.3, 0.4) is 0 Å². The van der Waals surface area contributed by atoms with E-state index in [1.165, 1.54) is 10.6 Å². The second-order valence-electron chi connectivity index (χ2n) is 5.38. The van der Waals surface area contributed by atoms with E-state index in [0.29, 0.717) is 19.7 Å². The summed E-state index contributed by atoms with van der Waals surface area (Å²) >= 11 is 0. The Morgan fingerprint density at radius 2 is 2.00 bits per heavy atom. The molecule has 0 bridgehead atoms. The largest absolute Gasteiger partial charge is 0.375 e. The summed E-state index contributed by atoms with van der Waals surface area (Å²) in [4.78, 5) is 0. The zero-order valence-electron chi connectivity index (χ0n) is 9.99. The van der Waals surface area contributed by atoms with Gasteiger partial charge in [-0.25, -0.2) is 8.42 Å². The fourth-order valence-electron chi connectivity index (χ4n) is 1.80. The Labute approximate surface area is 92.7 Å². The molecule has 0 aromatic heterocycles. The van der Waals surface area contributed by atoms with Crippen molar-refractivity contribution < 1.29 is 13.2 Å². The maximum absolute atomic E-state index is 11.4. The van der Waals surface area contributed by atoms with Crippen LogP contribution in [0.1, 0.15) is 27.2 Å². The molecule has 4 nitrogen and oxygen atoms in total. The molecular formula is C10H21NO3S. The molecule has 0 amide bonds. The molecule has 0 N–H and O–H groups in total. The van der Waals surface area contributed by atoms with E-state index >= 15 is 0 Å². The summed E-state index contributed by atoms with van der Waals surface area (Å²) in [5, 5.41) is 0. The first kappa shape index (κ1) is 12.9. The molecule has 0 saturated carbocycles. The first-order chi connectivity index (χ1) is 6.68. The van der Waals surface area contributed by atoms with Crippen LogP contribution in [0.25, 0.3) is 0 Å². The molecule has 0 aromatic rings. The van der Waals surface area contributed by atoms with Crippen LogP contribution in [-0.2, 0) is 14.8 Å². The van der Waals surface area contributed by atoms with Gasteiger partial charge in [-0.3, -0.25) is 0 Å². The van der Waals surface area contributed by atoms with Crippen molar-refractivity contribution in [2.45, 2.75) is 33.3 Å². The van der Waals surface area contributed by atoms with Crippen molar-refractivity contribution >= 4 is 10.0 Å². The first-order valence-corrected chi connectivity index (χ1v) is 7.10. The van der Waals surface area contributed by atoms with E-state index < -0.39 is 10.0 Å². The highest BCUT2D eigenvalue weighted by molar-refractivity contribution is 7.88. The molecule has 1 aliphatic heterocycles. The fraction of sp³-hybridized carbons (Fsp3) is 1.00. The first-order valence-electron chi connectivity index (χ1n) is 5.25. The number of ether oxygens (including phenoxy) is 1. The Morgan fingerprint density at radius 3 is 2.47 bits per heavy atom. The summed E-state index contributed by atoms with van der Waals surface area (Å²) in [6.07, 6.45) is 2.18. The summed E-state index contributed by atoms with van der Waals surface area (Å²) in [7, 11) is -3.06. The van der Waals surface area contributed by atoms with Gasteiger partial charge in [-0.15, -0.1) is 0 Å². The fourth-order valence-corrected chi connectivity index (χ4v) is 2.64. The smallest absolute Gasteiger partial charge is 0.211 e. The quantitative estimate of drug-likeness (QED) is 0.719. The van der Waals surface area contributed by atoms with E-state index in [1.54, 1.807) is 0 Å². The summed E-state index contributed by atoms with van der Waals surface area (Å²) in [5.74, 6) is 0. The topological polar surface area (TPSA) is 46.6 Å². The third-order valence-corrected chi connectivity index (χ3v) is 3.68. The molecule has 0 aromatic carbocycles. The van der Waals surface area contributed by atoms with Crippen LogP contribution >= 0.6 is 0 Å². The Hall–Kier alpha value is -0.130. The van der Waals surface area contributed by atoms with Crippen molar-refractivity contribution in [2.24, 2.45) is 5.41 Å². The lowest BCUT2D eigenvalue weighted by atomic mass is 9.89. The number of hydrogen-bond acceptors (Lipinski definition) is 3. The van der Waals surface area contributed by atoms with Gasteiger partial charge in [-0.1, -0.05) is 20.8 Å². The molecule has 0 spiro atoms. The van der Waals surface area contributed by atoms with Crippen LogP contribution in [0.2, 0.25) is 0 Å². The zero-order valence-corrected chi connectivity index (χ0v) is 10.8. The summed E-state index contributed by atoms with van der Waals surface area (Å²) in [5.41, 5.74) is 0.172. The highest BCUT2D eigenvalue weighted by Gasteiger charge is 2.29. The Kier molecular flexibility index (Phi) is 3.79. The molecular weight excluding hydrogens is 214 g/mol. The van der Waals surface area contributed by atoms with Gasteiger partial charge in [0, 0.05) is 13.1 Å². The Bertz CT molecular complexity index is 305. The van der Waals surface area contributed by atoms with Crippen LogP contribution < -0.4 is 0 Å². The lowest BCUT2D eigenvalue weighted by Crippen LogP contribution is -2.46. The molecule has 1 saturated heterocycles. The maximum Gasteiger partial charge on any atom is 0.211 e. The Morgan fingerprint density at radius 1 is 1.40 bits per heavy atom. The molecule has 5 heteroatoms. The highest BCUT2D eigenvalue weighted by atomic mass is 32.2. The second kappa shape index (κ2) is 4.39. The van der Waals surface area contributed by atoms with Crippen molar-refractivity contribution in [3.63, 3.8) is 0 Å². The molecule has 1 fully saturated rings. The second-order valence-corrected chi connectivity index (χ2v) is 7.36. The minimum Gasteiger partial charge on any atom is -0.375 e. The predicted molar refractivity (Wildman–Crippen MR) is 60.2 cm³/mol. The van der Waals surface area contributed by atoms with Crippen molar-refractivity contribution in [2.75, 3.05) is 26.0 Å². The van der Waals surface area contributed by atoms with Crippen LogP contribution in [-0.4, -0.2) is 44.8 Å². The van der Waals surface area contributed by atoms with E-state index in [0.717, 1.165) is 6.42 Å². The van der Waals surface area contributed by atoms with E-state index in [-0.39, 0.29) is 11.5 Å². The lowest BCUT2D eigenvalue weighted by Gasteiger charge is -2.34. The average Bonchev–Trinajstić information content (AvgIpc) is 1.99. The standard InChI is InChI=1S/C10H21NO3S/c1-10(2,3)7-9-8-11(5-6-14-9)15(4,12)13/h9H,5-8H2,1-4H3/t9-/m1/s1. The minimum atomic E-state index is -3.06. The van der Waals surface area contributed by atoms with E-state index in [2.05, 4.69) is 20.8 Å². The molecule has 0 unspecified atom stereocenters. The number of hydrogen-bond donors (Lipinski definition) is 0. The number of nitrogens with zero attached hydrogens (tertiary/aromatic N) is 1. The van der Waals surface area contributed by atoms with Gasteiger partial charge in [0.2, 0.25) is 10.0 Å². The minimum absolute atomic E-state index is 0.0356. The van der Waals surface area contributed by atoms with Gasteiger partial charge in [0.1, 0.15) is 0 Å². The van der Waals surface area contributed by atoms with Gasteiger partial charge < -0.3 is 4.74 Å². The molecule has 0 aliphatic carbocycles. The van der Waals surface area contributed by atoms with E-state index in [9.17, 15) is 8.42 Å². The van der Waals surface area contributed by atoms with E-state index in [4.69, 9.17) is 4.74 Å². The maximum atomic E-state index is 11.4. The molecule has 15 heavy (non-hydrogen) atoms. The van der Waals surface area contributed by atoms with Crippen LogP contribution in [0, 0.1) is 5.41 Å². The third-order valence-electron chi connectivity index (χ3n) is 2.41. The van der Waals surface area contributed by atoms with Crippen molar-refractivity contribution in [1.82, 2.24) is 4.31 Å². The normalized spacial score (nSPS) is 25.5. The van der Waals surface area contributed by atoms with E-state index in [1.807, 2.05) is 0 Å². The van der Waals surface area contributed by atoms with Gasteiger partial charge in [-0.05, 0) is 11.8 Å². The molecule has 1 rings (SSSR count). The summed E-state index contributed by atoms with van der Waals surface area (Å²) in [6, 6.07) is 0. The molecule has 1 atom stereocenters. The lowest BCUT2D eigenvalue weighted by molar-refractivity contribution is -0.0214. The summed E-state index contributed by atoms with van der Waals surface area (Å²) in [6.45, 7) is 7.89. The number of sulfonamides is 1. The van der Waals surface area contributed by atoms with Gasteiger partial charge in [0.25, 0.3) is 0 Å². The average molecular weight is 235 g/mol. The van der Waals surface area contributed by atoms with Crippen LogP contribution in [0.15, 0.2) is 0 Å². The van der Waals surface area contributed by atoms with Crippen LogP contribution in [0.4, 0.5) is 0 Å². The van der Waals surface area contributed by atoms with Gasteiger partial charge in [0.05, 0.1) is 19.0 Å². The third kappa shape index (κ3) is 4.49. The van der Waals surface area contributed by atoms with Crippen molar-refractivity contribution in [3.8, 4) is 0 Å². The van der Waals surface area contributed by atoms with Gasteiger partial charge >= 0.3 is 0 Å². The SMILES string of the molecule is CC(C)(C)C[C@@H]1CN(S(C)(=O)=O)CCO1. The molecule has 0 radical (unpaired) electrons. The monoisotopic (exact) mass is 235 g/mol. The summed E-state index contributed by atoms with van der Waals surface area (Å²) < 4.78 is 29.8. The highest BCUT2D eigenvalue weighted by Crippen LogP contribution is 2.24. The van der Waals surface area contributed by atoms with Gasteiger partial charge in [0.15, 0.2) is 0 Å². The van der Waals surface area contributed by atoms with Gasteiger partial charge in [-0.2, -0.15) is 4.31 Å². The molecule has 1 heterocycles. The molecule has 1 aliphatic rings.